The molecule has 94 valence electrons. The van der Waals surface area contributed by atoms with Crippen molar-refractivity contribution in [2.24, 2.45) is 5.92 Å². The quantitative estimate of drug-likeness (QED) is 0.827. The summed E-state index contributed by atoms with van der Waals surface area (Å²) in [6, 6.07) is 7.10. The third-order valence-electron chi connectivity index (χ3n) is 3.74. The Hall–Kier alpha value is -0.820. The van der Waals surface area contributed by atoms with Crippen LogP contribution in [0.25, 0.3) is 0 Å². The van der Waals surface area contributed by atoms with E-state index in [9.17, 15) is 0 Å². The summed E-state index contributed by atoms with van der Waals surface area (Å²) in [5.74, 6) is 2.11. The second-order valence-electron chi connectivity index (χ2n) is 6.07. The predicted molar refractivity (Wildman–Crippen MR) is 74.4 cm³/mol. The van der Waals surface area contributed by atoms with Gasteiger partial charge in [-0.3, -0.25) is 0 Å². The number of nitrogens with one attached hydrogen (secondary N) is 1. The van der Waals surface area contributed by atoms with Crippen LogP contribution in [0.4, 0.5) is 0 Å². The lowest BCUT2D eigenvalue weighted by Crippen LogP contribution is -2.29. The summed E-state index contributed by atoms with van der Waals surface area (Å²) in [4.78, 5) is 0. The number of fused-ring (bicyclic) bond motifs is 1. The van der Waals surface area contributed by atoms with Crippen LogP contribution in [0.1, 0.15) is 62.6 Å². The van der Waals surface area contributed by atoms with Crippen LogP contribution in [0.15, 0.2) is 18.2 Å². The lowest BCUT2D eigenvalue weighted by Gasteiger charge is -2.28. The molecule has 17 heavy (non-hydrogen) atoms. The van der Waals surface area contributed by atoms with E-state index in [1.807, 2.05) is 0 Å². The molecular formula is C16H25N. The first-order valence-electron chi connectivity index (χ1n) is 6.91. The Bertz CT molecular complexity index is 379. The third kappa shape index (κ3) is 2.90. The van der Waals surface area contributed by atoms with Crippen LogP contribution >= 0.6 is 0 Å². The monoisotopic (exact) mass is 231 g/mol. The summed E-state index contributed by atoms with van der Waals surface area (Å²) in [6.45, 7) is 11.4. The Balaban J connectivity index is 2.27. The zero-order valence-electron chi connectivity index (χ0n) is 11.6. The van der Waals surface area contributed by atoms with Gasteiger partial charge in [0.1, 0.15) is 0 Å². The molecule has 0 spiro atoms. The Kier molecular flexibility index (Phi) is 3.88. The number of hydrogen-bond donors (Lipinski definition) is 1. The second-order valence-corrected chi connectivity index (χ2v) is 6.07. The summed E-state index contributed by atoms with van der Waals surface area (Å²) in [5, 5.41) is 3.56. The van der Waals surface area contributed by atoms with Crippen molar-refractivity contribution in [1.29, 1.82) is 0 Å². The molecule has 1 aliphatic heterocycles. The fraction of sp³-hybridized carbons (Fsp3) is 0.625. The van der Waals surface area contributed by atoms with E-state index < -0.39 is 0 Å². The highest BCUT2D eigenvalue weighted by Crippen LogP contribution is 2.31. The molecule has 1 atom stereocenters. The Labute approximate surface area is 106 Å². The highest BCUT2D eigenvalue weighted by Gasteiger charge is 2.21. The minimum absolute atomic E-state index is 0.630. The van der Waals surface area contributed by atoms with E-state index in [2.05, 4.69) is 51.2 Å². The number of benzene rings is 1. The summed E-state index contributed by atoms with van der Waals surface area (Å²) < 4.78 is 0. The van der Waals surface area contributed by atoms with Crippen LogP contribution in [0, 0.1) is 5.92 Å². The summed E-state index contributed by atoms with van der Waals surface area (Å²) in [6.07, 6.45) is 1.29. The highest BCUT2D eigenvalue weighted by molar-refractivity contribution is 5.37. The van der Waals surface area contributed by atoms with E-state index in [0.717, 1.165) is 19.0 Å². The molecule has 1 unspecified atom stereocenters. The van der Waals surface area contributed by atoms with Gasteiger partial charge in [-0.15, -0.1) is 0 Å². The van der Waals surface area contributed by atoms with Crippen molar-refractivity contribution in [1.82, 2.24) is 5.32 Å². The number of hydrogen-bond acceptors (Lipinski definition) is 1. The van der Waals surface area contributed by atoms with Crippen LogP contribution in [0.2, 0.25) is 0 Å². The molecule has 1 heteroatoms. The van der Waals surface area contributed by atoms with Gasteiger partial charge in [0, 0.05) is 13.1 Å². The molecule has 0 aromatic heterocycles. The van der Waals surface area contributed by atoms with E-state index >= 15 is 0 Å². The van der Waals surface area contributed by atoms with E-state index in [-0.39, 0.29) is 0 Å². The van der Waals surface area contributed by atoms with E-state index in [1.54, 1.807) is 5.56 Å². The normalized spacial score (nSPS) is 19.8. The highest BCUT2D eigenvalue weighted by atomic mass is 14.9. The maximum Gasteiger partial charge on any atom is 0.0208 e. The van der Waals surface area contributed by atoms with Crippen molar-refractivity contribution in [2.45, 2.75) is 52.5 Å². The summed E-state index contributed by atoms with van der Waals surface area (Å²) in [7, 11) is 0. The van der Waals surface area contributed by atoms with Crippen molar-refractivity contribution in [3.8, 4) is 0 Å². The van der Waals surface area contributed by atoms with E-state index in [1.165, 1.54) is 17.5 Å². The van der Waals surface area contributed by atoms with Crippen molar-refractivity contribution in [3.05, 3.63) is 34.9 Å². The molecule has 0 fully saturated rings. The van der Waals surface area contributed by atoms with E-state index in [4.69, 9.17) is 0 Å². The fourth-order valence-corrected chi connectivity index (χ4v) is 2.81. The van der Waals surface area contributed by atoms with Crippen molar-refractivity contribution in [3.63, 3.8) is 0 Å². The number of rotatable bonds is 3. The average Bonchev–Trinajstić information content (AvgIpc) is 2.28. The maximum atomic E-state index is 3.56. The standard InChI is InChI=1S/C16H25N/c1-11(2)7-14-9-17-10-15-8-13(12(3)4)5-6-16(14)15/h5-6,8,11-12,14,17H,7,9-10H2,1-4H3. The SMILES string of the molecule is CC(C)CC1CNCc2cc(C(C)C)ccc21. The predicted octanol–water partition coefficient (Wildman–Crippen LogP) is 4.04. The smallest absolute Gasteiger partial charge is 0.0208 e. The van der Waals surface area contributed by atoms with Gasteiger partial charge in [0.05, 0.1) is 0 Å². The third-order valence-corrected chi connectivity index (χ3v) is 3.74. The molecule has 0 amide bonds. The van der Waals surface area contributed by atoms with Gasteiger partial charge in [0.15, 0.2) is 0 Å². The van der Waals surface area contributed by atoms with Crippen molar-refractivity contribution < 1.29 is 0 Å². The molecule has 1 N–H and O–H groups in total. The topological polar surface area (TPSA) is 12.0 Å². The zero-order valence-corrected chi connectivity index (χ0v) is 11.6. The molecule has 1 aromatic carbocycles. The minimum atomic E-state index is 0.630. The van der Waals surface area contributed by atoms with Gasteiger partial charge < -0.3 is 5.32 Å². The lowest BCUT2D eigenvalue weighted by molar-refractivity contribution is 0.448. The van der Waals surface area contributed by atoms with Crippen LogP contribution in [0.5, 0.6) is 0 Å². The molecule has 0 radical (unpaired) electrons. The van der Waals surface area contributed by atoms with Gasteiger partial charge in [-0.1, -0.05) is 45.9 Å². The maximum absolute atomic E-state index is 3.56. The largest absolute Gasteiger partial charge is 0.312 e. The molecule has 1 heterocycles. The first-order chi connectivity index (χ1) is 8.08. The minimum Gasteiger partial charge on any atom is -0.312 e. The Morgan fingerprint density at radius 3 is 2.65 bits per heavy atom. The molecule has 0 saturated carbocycles. The molecular weight excluding hydrogens is 206 g/mol. The van der Waals surface area contributed by atoms with E-state index in [0.29, 0.717) is 11.8 Å². The molecule has 0 saturated heterocycles. The molecule has 1 nitrogen and oxygen atoms in total. The first kappa shape index (κ1) is 12.6. The molecule has 2 rings (SSSR count). The van der Waals surface area contributed by atoms with Crippen LogP contribution in [0.3, 0.4) is 0 Å². The molecule has 0 aliphatic carbocycles. The van der Waals surface area contributed by atoms with Gasteiger partial charge >= 0.3 is 0 Å². The Morgan fingerprint density at radius 2 is 2.00 bits per heavy atom. The first-order valence-corrected chi connectivity index (χ1v) is 6.91. The zero-order chi connectivity index (χ0) is 12.4. The van der Waals surface area contributed by atoms with Crippen LogP contribution < -0.4 is 5.32 Å². The molecule has 0 bridgehead atoms. The van der Waals surface area contributed by atoms with Crippen molar-refractivity contribution in [2.75, 3.05) is 6.54 Å². The van der Waals surface area contributed by atoms with Gasteiger partial charge in [-0.2, -0.15) is 0 Å². The van der Waals surface area contributed by atoms with Crippen LogP contribution in [-0.4, -0.2) is 6.54 Å². The van der Waals surface area contributed by atoms with Gasteiger partial charge in [-0.25, -0.2) is 0 Å². The second kappa shape index (κ2) is 5.22. The molecule has 1 aromatic rings. The Morgan fingerprint density at radius 1 is 1.24 bits per heavy atom. The fourth-order valence-electron chi connectivity index (χ4n) is 2.81. The summed E-state index contributed by atoms with van der Waals surface area (Å²) >= 11 is 0. The van der Waals surface area contributed by atoms with Crippen molar-refractivity contribution >= 4 is 0 Å². The van der Waals surface area contributed by atoms with Crippen LogP contribution in [-0.2, 0) is 6.54 Å². The summed E-state index contributed by atoms with van der Waals surface area (Å²) in [5.41, 5.74) is 4.57. The molecule has 1 aliphatic rings. The van der Waals surface area contributed by atoms with Gasteiger partial charge in [0.25, 0.3) is 0 Å². The van der Waals surface area contributed by atoms with Gasteiger partial charge in [0.2, 0.25) is 0 Å². The average molecular weight is 231 g/mol. The lowest BCUT2D eigenvalue weighted by atomic mass is 9.83. The van der Waals surface area contributed by atoms with Gasteiger partial charge in [-0.05, 0) is 40.9 Å².